The van der Waals surface area contributed by atoms with Crippen molar-refractivity contribution in [2.45, 2.75) is 6.92 Å². The highest BCUT2D eigenvalue weighted by Gasteiger charge is 2.06. The highest BCUT2D eigenvalue weighted by Crippen LogP contribution is 2.15. The second-order valence-electron chi connectivity index (χ2n) is 5.41. The quantitative estimate of drug-likeness (QED) is 0.566. The number of rotatable bonds is 8. The summed E-state index contributed by atoms with van der Waals surface area (Å²) in [6.07, 6.45) is 5.04. The average Bonchev–Trinajstić information content (AvgIpc) is 2.66. The van der Waals surface area contributed by atoms with Crippen molar-refractivity contribution >= 4 is 24.1 Å². The summed E-state index contributed by atoms with van der Waals surface area (Å²) in [5.74, 6) is -0.156. The number of para-hydroxylation sites is 1. The Morgan fingerprint density at radius 1 is 1.04 bits per heavy atom. The van der Waals surface area contributed by atoms with Gasteiger partial charge in [-0.15, -0.1) is 0 Å². The smallest absolute Gasteiger partial charge is 0.259 e. The topological polar surface area (TPSA) is 79.8 Å². The Morgan fingerprint density at radius 3 is 2.54 bits per heavy atom. The molecular weight excluding hydrogens is 330 g/mol. The fraction of sp³-hybridized carbons (Fsp3) is 0.150. The molecule has 2 aromatic carbocycles. The van der Waals surface area contributed by atoms with Crippen LogP contribution in [-0.2, 0) is 9.59 Å². The second kappa shape index (κ2) is 10.5. The molecule has 6 heteroatoms. The van der Waals surface area contributed by atoms with Crippen molar-refractivity contribution in [3.05, 3.63) is 71.8 Å². The Balaban J connectivity index is 1.63. The largest absolute Gasteiger partial charge is 0.484 e. The zero-order valence-electron chi connectivity index (χ0n) is 14.5. The Hall–Kier alpha value is -3.41. The first-order chi connectivity index (χ1) is 12.6. The van der Waals surface area contributed by atoms with Crippen molar-refractivity contribution in [3.63, 3.8) is 0 Å². The van der Waals surface area contributed by atoms with Gasteiger partial charge in [0.15, 0.2) is 6.61 Å². The van der Waals surface area contributed by atoms with E-state index in [0.29, 0.717) is 5.75 Å². The van der Waals surface area contributed by atoms with E-state index >= 15 is 0 Å². The number of amides is 2. The number of nitrogens with zero attached hydrogens (tertiary/aromatic N) is 1. The summed E-state index contributed by atoms with van der Waals surface area (Å²) in [5.41, 5.74) is 4.31. The van der Waals surface area contributed by atoms with Crippen molar-refractivity contribution in [2.24, 2.45) is 5.10 Å². The molecule has 134 valence electrons. The molecule has 0 aliphatic carbocycles. The highest BCUT2D eigenvalue weighted by molar-refractivity contribution is 5.86. The summed E-state index contributed by atoms with van der Waals surface area (Å²) in [4.78, 5) is 23.3. The molecule has 0 aromatic heterocycles. The maximum Gasteiger partial charge on any atom is 0.259 e. The number of benzene rings is 2. The number of hydrazone groups is 1. The number of allylic oxidation sites excluding steroid dienone is 1. The third kappa shape index (κ3) is 7.00. The molecule has 0 aliphatic heterocycles. The van der Waals surface area contributed by atoms with Crippen LogP contribution in [0.2, 0.25) is 0 Å². The van der Waals surface area contributed by atoms with E-state index in [1.165, 1.54) is 6.21 Å². The molecule has 0 unspecified atom stereocenters. The van der Waals surface area contributed by atoms with E-state index in [1.807, 2.05) is 61.5 Å². The minimum Gasteiger partial charge on any atom is -0.484 e. The molecule has 0 radical (unpaired) electrons. The summed E-state index contributed by atoms with van der Waals surface area (Å²) in [6, 6.07) is 17.1. The van der Waals surface area contributed by atoms with Gasteiger partial charge < -0.3 is 10.1 Å². The number of carbonyl (C=O) groups excluding carboxylic acids is 2. The van der Waals surface area contributed by atoms with Gasteiger partial charge in [-0.3, -0.25) is 9.59 Å². The minimum absolute atomic E-state index is 0.152. The van der Waals surface area contributed by atoms with Crippen molar-refractivity contribution in [3.8, 4) is 5.75 Å². The van der Waals surface area contributed by atoms with Crippen LogP contribution in [0.1, 0.15) is 11.1 Å². The molecule has 2 rings (SSSR count). The highest BCUT2D eigenvalue weighted by atomic mass is 16.5. The maximum atomic E-state index is 11.7. The molecule has 0 bridgehead atoms. The fourth-order valence-corrected chi connectivity index (χ4v) is 2.00. The van der Waals surface area contributed by atoms with Gasteiger partial charge in [-0.1, -0.05) is 54.6 Å². The molecule has 0 heterocycles. The van der Waals surface area contributed by atoms with Gasteiger partial charge in [0.25, 0.3) is 11.8 Å². The summed E-state index contributed by atoms with van der Waals surface area (Å²) in [6.45, 7) is 1.57. The molecular formula is C20H21N3O3. The molecule has 0 saturated heterocycles. The summed E-state index contributed by atoms with van der Waals surface area (Å²) < 4.78 is 5.40. The molecule has 2 amide bonds. The van der Waals surface area contributed by atoms with Crippen LogP contribution in [0.15, 0.2) is 65.8 Å². The van der Waals surface area contributed by atoms with Crippen molar-refractivity contribution in [1.29, 1.82) is 0 Å². The SMILES string of the molecule is Cc1ccccc1OCC(=O)NCC(=O)NN=C/C=C\c1ccccc1. The second-order valence-corrected chi connectivity index (χ2v) is 5.41. The lowest BCUT2D eigenvalue weighted by Gasteiger charge is -2.08. The minimum atomic E-state index is -0.418. The van der Waals surface area contributed by atoms with Gasteiger partial charge >= 0.3 is 0 Å². The van der Waals surface area contributed by atoms with Gasteiger partial charge in [0.2, 0.25) is 0 Å². The summed E-state index contributed by atoms with van der Waals surface area (Å²) in [7, 11) is 0. The van der Waals surface area contributed by atoms with Crippen LogP contribution in [0.5, 0.6) is 5.75 Å². The first-order valence-electron chi connectivity index (χ1n) is 8.14. The molecule has 26 heavy (non-hydrogen) atoms. The van der Waals surface area contributed by atoms with Gasteiger partial charge in [-0.05, 0) is 30.2 Å². The third-order valence-corrected chi connectivity index (χ3v) is 3.34. The molecule has 0 saturated carbocycles. The molecule has 2 aromatic rings. The zero-order valence-corrected chi connectivity index (χ0v) is 14.5. The Morgan fingerprint density at radius 2 is 1.77 bits per heavy atom. The van der Waals surface area contributed by atoms with Crippen molar-refractivity contribution < 1.29 is 14.3 Å². The fourth-order valence-electron chi connectivity index (χ4n) is 2.00. The average molecular weight is 351 g/mol. The van der Waals surface area contributed by atoms with Crippen LogP contribution in [-0.4, -0.2) is 31.2 Å². The first-order valence-corrected chi connectivity index (χ1v) is 8.14. The van der Waals surface area contributed by atoms with E-state index < -0.39 is 5.91 Å². The van der Waals surface area contributed by atoms with Gasteiger partial charge in [-0.25, -0.2) is 5.43 Å². The van der Waals surface area contributed by atoms with Crippen LogP contribution >= 0.6 is 0 Å². The normalized spacial score (nSPS) is 10.8. The van der Waals surface area contributed by atoms with E-state index in [0.717, 1.165) is 11.1 Å². The lowest BCUT2D eigenvalue weighted by atomic mass is 10.2. The summed E-state index contributed by atoms with van der Waals surface area (Å²) >= 11 is 0. The Bertz CT molecular complexity index is 786. The van der Waals surface area contributed by atoms with Gasteiger partial charge in [0.1, 0.15) is 5.75 Å². The maximum absolute atomic E-state index is 11.7. The van der Waals surface area contributed by atoms with Crippen LogP contribution in [0, 0.1) is 6.92 Å². The lowest BCUT2D eigenvalue weighted by Crippen LogP contribution is -2.37. The van der Waals surface area contributed by atoms with Crippen LogP contribution in [0.3, 0.4) is 0 Å². The first kappa shape index (κ1) is 18.9. The van der Waals surface area contributed by atoms with E-state index in [4.69, 9.17) is 4.74 Å². The number of nitrogens with one attached hydrogen (secondary N) is 2. The van der Waals surface area contributed by atoms with Gasteiger partial charge in [0.05, 0.1) is 6.54 Å². The molecule has 0 spiro atoms. The van der Waals surface area contributed by atoms with Crippen LogP contribution in [0.25, 0.3) is 6.08 Å². The number of carbonyl (C=O) groups is 2. The molecule has 2 N–H and O–H groups in total. The van der Waals surface area contributed by atoms with Crippen molar-refractivity contribution in [1.82, 2.24) is 10.7 Å². The van der Waals surface area contributed by atoms with Crippen LogP contribution in [0.4, 0.5) is 0 Å². The molecule has 0 atom stereocenters. The van der Waals surface area contributed by atoms with E-state index in [1.54, 1.807) is 12.1 Å². The van der Waals surface area contributed by atoms with Crippen LogP contribution < -0.4 is 15.5 Å². The van der Waals surface area contributed by atoms with Gasteiger partial charge in [0, 0.05) is 6.21 Å². The predicted octanol–water partition coefficient (Wildman–Crippen LogP) is 2.31. The number of ether oxygens (including phenoxy) is 1. The number of aryl methyl sites for hydroxylation is 1. The van der Waals surface area contributed by atoms with E-state index in [2.05, 4.69) is 15.8 Å². The zero-order chi connectivity index (χ0) is 18.6. The van der Waals surface area contributed by atoms with Crippen molar-refractivity contribution in [2.75, 3.05) is 13.2 Å². The van der Waals surface area contributed by atoms with E-state index in [9.17, 15) is 9.59 Å². The third-order valence-electron chi connectivity index (χ3n) is 3.34. The number of hydrogen-bond acceptors (Lipinski definition) is 4. The number of hydrogen-bond donors (Lipinski definition) is 2. The molecule has 0 fully saturated rings. The standard InChI is InChI=1S/C20H21N3O3/c1-16-8-5-6-12-18(16)26-15-20(25)21-14-19(24)23-22-13-7-11-17-9-3-2-4-10-17/h2-13H,14-15H2,1H3,(H,21,25)(H,23,24)/b11-7-,22-13?. The van der Waals surface area contributed by atoms with Gasteiger partial charge in [-0.2, -0.15) is 5.10 Å². The summed E-state index contributed by atoms with van der Waals surface area (Å²) in [5, 5.41) is 6.25. The molecule has 0 aliphatic rings. The Labute approximate surface area is 152 Å². The lowest BCUT2D eigenvalue weighted by molar-refractivity contribution is -0.127. The Kier molecular flexibility index (Phi) is 7.61. The monoisotopic (exact) mass is 351 g/mol. The predicted molar refractivity (Wildman–Crippen MR) is 102 cm³/mol. The molecule has 6 nitrogen and oxygen atoms in total. The van der Waals surface area contributed by atoms with E-state index in [-0.39, 0.29) is 19.1 Å².